The van der Waals surface area contributed by atoms with E-state index in [1.807, 2.05) is 20.8 Å². The number of amides is 1. The molecule has 0 fully saturated rings. The molecule has 1 aliphatic heterocycles. The minimum Gasteiger partial charge on any atom is -0.491 e. The third-order valence-corrected chi connectivity index (χ3v) is 4.04. The van der Waals surface area contributed by atoms with E-state index in [1.165, 1.54) is 17.0 Å². The third-order valence-electron chi connectivity index (χ3n) is 4.04. The molecule has 1 atom stereocenters. The number of carboxylic acids is 1. The summed E-state index contributed by atoms with van der Waals surface area (Å²) in [5.74, 6) is -1.44. The first-order valence-electron chi connectivity index (χ1n) is 8.58. The van der Waals surface area contributed by atoms with E-state index in [2.05, 4.69) is 0 Å². The SMILES string of the molecule is CN1C(=O)C(CCCC(=O)OC(C)(C)C)COc2ccc(C(=O)O)cc21. The van der Waals surface area contributed by atoms with Gasteiger partial charge >= 0.3 is 11.9 Å². The van der Waals surface area contributed by atoms with Crippen molar-refractivity contribution < 1.29 is 29.0 Å². The maximum absolute atomic E-state index is 12.7. The molecule has 0 aliphatic carbocycles. The lowest BCUT2D eigenvalue weighted by Gasteiger charge is -2.21. The van der Waals surface area contributed by atoms with Crippen molar-refractivity contribution in [3.8, 4) is 5.75 Å². The number of aromatic carboxylic acids is 1. The third kappa shape index (κ3) is 4.97. The molecule has 0 saturated heterocycles. The summed E-state index contributed by atoms with van der Waals surface area (Å²) in [6.45, 7) is 5.62. The fourth-order valence-corrected chi connectivity index (χ4v) is 2.78. The fourth-order valence-electron chi connectivity index (χ4n) is 2.78. The van der Waals surface area contributed by atoms with Crippen LogP contribution in [0.15, 0.2) is 18.2 Å². The van der Waals surface area contributed by atoms with Crippen molar-refractivity contribution in [2.45, 2.75) is 45.6 Å². The average molecular weight is 363 g/mol. The molecule has 26 heavy (non-hydrogen) atoms. The van der Waals surface area contributed by atoms with E-state index < -0.39 is 17.5 Å². The van der Waals surface area contributed by atoms with Crippen LogP contribution in [-0.4, -0.2) is 42.2 Å². The first-order valence-corrected chi connectivity index (χ1v) is 8.58. The van der Waals surface area contributed by atoms with Crippen molar-refractivity contribution >= 4 is 23.5 Å². The highest BCUT2D eigenvalue weighted by atomic mass is 16.6. The maximum atomic E-state index is 12.7. The summed E-state index contributed by atoms with van der Waals surface area (Å²) in [5.41, 5.74) is 0.00195. The number of hydrogen-bond donors (Lipinski definition) is 1. The number of carbonyl (C=O) groups is 3. The zero-order valence-corrected chi connectivity index (χ0v) is 15.6. The van der Waals surface area contributed by atoms with Gasteiger partial charge in [-0.3, -0.25) is 9.59 Å². The highest BCUT2D eigenvalue weighted by Gasteiger charge is 2.30. The van der Waals surface area contributed by atoms with E-state index in [0.717, 1.165) is 0 Å². The van der Waals surface area contributed by atoms with Crippen LogP contribution < -0.4 is 9.64 Å². The minimum absolute atomic E-state index is 0.0929. The van der Waals surface area contributed by atoms with Gasteiger partial charge < -0.3 is 19.5 Å². The zero-order chi connectivity index (χ0) is 19.5. The Morgan fingerprint density at radius 3 is 2.65 bits per heavy atom. The molecule has 142 valence electrons. The van der Waals surface area contributed by atoms with Gasteiger partial charge in [-0.05, 0) is 51.8 Å². The van der Waals surface area contributed by atoms with Crippen LogP contribution in [0.25, 0.3) is 0 Å². The second kappa shape index (κ2) is 7.76. The normalized spacial score (nSPS) is 17.2. The van der Waals surface area contributed by atoms with E-state index >= 15 is 0 Å². The highest BCUT2D eigenvalue weighted by Crippen LogP contribution is 2.33. The summed E-state index contributed by atoms with van der Waals surface area (Å²) in [4.78, 5) is 37.0. The summed E-state index contributed by atoms with van der Waals surface area (Å²) in [6, 6.07) is 4.44. The van der Waals surface area contributed by atoms with E-state index in [9.17, 15) is 14.4 Å². The van der Waals surface area contributed by atoms with Crippen molar-refractivity contribution in [2.75, 3.05) is 18.6 Å². The zero-order valence-electron chi connectivity index (χ0n) is 15.6. The topological polar surface area (TPSA) is 93.1 Å². The molecule has 0 spiro atoms. The summed E-state index contributed by atoms with van der Waals surface area (Å²) < 4.78 is 11.0. The number of anilines is 1. The quantitative estimate of drug-likeness (QED) is 0.809. The Morgan fingerprint density at radius 2 is 2.04 bits per heavy atom. The molecule has 1 aromatic carbocycles. The molecule has 7 nitrogen and oxygen atoms in total. The monoisotopic (exact) mass is 363 g/mol. The van der Waals surface area contributed by atoms with Gasteiger partial charge in [0.05, 0.1) is 23.8 Å². The van der Waals surface area contributed by atoms with Gasteiger partial charge in [0.2, 0.25) is 5.91 Å². The molecular formula is C19H25NO6. The number of carbonyl (C=O) groups excluding carboxylic acids is 2. The van der Waals surface area contributed by atoms with Crippen molar-refractivity contribution in [1.29, 1.82) is 0 Å². The molecule has 0 radical (unpaired) electrons. The molecule has 0 aromatic heterocycles. The maximum Gasteiger partial charge on any atom is 0.335 e. The Labute approximate surface area is 152 Å². The van der Waals surface area contributed by atoms with E-state index in [0.29, 0.717) is 24.3 Å². The molecule has 1 unspecified atom stereocenters. The van der Waals surface area contributed by atoms with Crippen molar-refractivity contribution in [3.63, 3.8) is 0 Å². The molecule has 1 aromatic rings. The number of rotatable bonds is 5. The fraction of sp³-hybridized carbons (Fsp3) is 0.526. The summed E-state index contributed by atoms with van der Waals surface area (Å²) in [6.07, 6.45) is 1.24. The summed E-state index contributed by atoms with van der Waals surface area (Å²) >= 11 is 0. The van der Waals surface area contributed by atoms with Gasteiger partial charge in [-0.2, -0.15) is 0 Å². The van der Waals surface area contributed by atoms with Gasteiger partial charge in [0.25, 0.3) is 0 Å². The molecule has 1 N–H and O–H groups in total. The van der Waals surface area contributed by atoms with Gasteiger partial charge in [-0.1, -0.05) is 0 Å². The lowest BCUT2D eigenvalue weighted by molar-refractivity contribution is -0.155. The number of hydrogen-bond acceptors (Lipinski definition) is 5. The Hall–Kier alpha value is -2.57. The Morgan fingerprint density at radius 1 is 1.35 bits per heavy atom. The number of nitrogens with zero attached hydrogens (tertiary/aromatic N) is 1. The number of esters is 1. The number of ether oxygens (including phenoxy) is 2. The first kappa shape index (κ1) is 19.8. The number of fused-ring (bicyclic) bond motifs is 1. The largest absolute Gasteiger partial charge is 0.491 e. The molecule has 7 heteroatoms. The lowest BCUT2D eigenvalue weighted by atomic mass is 10.0. The smallest absolute Gasteiger partial charge is 0.335 e. The Bertz CT molecular complexity index is 706. The molecule has 1 heterocycles. The van der Waals surface area contributed by atoms with Gasteiger partial charge in [-0.15, -0.1) is 0 Å². The Balaban J connectivity index is 2.00. The van der Waals surface area contributed by atoms with E-state index in [1.54, 1.807) is 13.1 Å². The van der Waals surface area contributed by atoms with Crippen LogP contribution in [0.3, 0.4) is 0 Å². The molecule has 1 aliphatic rings. The van der Waals surface area contributed by atoms with Crippen LogP contribution in [-0.2, 0) is 14.3 Å². The van der Waals surface area contributed by atoms with Gasteiger partial charge in [0, 0.05) is 13.5 Å². The molecule has 0 bridgehead atoms. The van der Waals surface area contributed by atoms with Crippen molar-refractivity contribution in [2.24, 2.45) is 5.92 Å². The van der Waals surface area contributed by atoms with Crippen LogP contribution in [0.2, 0.25) is 0 Å². The van der Waals surface area contributed by atoms with E-state index in [-0.39, 0.29) is 30.5 Å². The van der Waals surface area contributed by atoms with Gasteiger partial charge in [0.1, 0.15) is 11.4 Å². The lowest BCUT2D eigenvalue weighted by Crippen LogP contribution is -2.33. The van der Waals surface area contributed by atoms with Gasteiger partial charge in [0.15, 0.2) is 0 Å². The second-order valence-corrected chi connectivity index (χ2v) is 7.37. The highest BCUT2D eigenvalue weighted by molar-refractivity contribution is 5.98. The van der Waals surface area contributed by atoms with Crippen molar-refractivity contribution in [1.82, 2.24) is 0 Å². The number of benzene rings is 1. The molecule has 0 saturated carbocycles. The van der Waals surface area contributed by atoms with Crippen LogP contribution >= 0.6 is 0 Å². The van der Waals surface area contributed by atoms with Crippen molar-refractivity contribution in [3.05, 3.63) is 23.8 Å². The minimum atomic E-state index is -1.06. The molecular weight excluding hydrogens is 338 g/mol. The average Bonchev–Trinajstić information content (AvgIpc) is 2.65. The predicted octanol–water partition coefficient (Wildman–Crippen LogP) is 2.87. The summed E-state index contributed by atoms with van der Waals surface area (Å²) in [7, 11) is 1.60. The predicted molar refractivity (Wildman–Crippen MR) is 95.5 cm³/mol. The van der Waals surface area contributed by atoms with Crippen LogP contribution in [0, 0.1) is 5.92 Å². The second-order valence-electron chi connectivity index (χ2n) is 7.37. The molecule has 1 amide bonds. The van der Waals surface area contributed by atoms with Crippen LogP contribution in [0.1, 0.15) is 50.4 Å². The summed E-state index contributed by atoms with van der Waals surface area (Å²) in [5, 5.41) is 9.12. The van der Waals surface area contributed by atoms with E-state index in [4.69, 9.17) is 14.6 Å². The first-order chi connectivity index (χ1) is 12.1. The van der Waals surface area contributed by atoms with Crippen LogP contribution in [0.5, 0.6) is 5.75 Å². The standard InChI is InChI=1S/C19H25NO6/c1-19(2,3)26-16(21)7-5-6-13-11-25-15-9-8-12(18(23)24)10-14(15)20(4)17(13)22/h8-10,13H,5-7,11H2,1-4H3,(H,23,24). The van der Waals surface area contributed by atoms with Crippen LogP contribution in [0.4, 0.5) is 5.69 Å². The Kier molecular flexibility index (Phi) is 5.90. The number of carboxylic acid groups (broad SMARTS) is 1. The molecule has 2 rings (SSSR count). The van der Waals surface area contributed by atoms with Gasteiger partial charge in [-0.25, -0.2) is 4.79 Å².